The first-order valence-electron chi connectivity index (χ1n) is 6.21. The van der Waals surface area contributed by atoms with Gasteiger partial charge in [0.1, 0.15) is 12.9 Å². The highest BCUT2D eigenvalue weighted by Gasteiger charge is 2.50. The van der Waals surface area contributed by atoms with Crippen LogP contribution in [-0.4, -0.2) is 32.6 Å². The van der Waals surface area contributed by atoms with Crippen LogP contribution in [0.3, 0.4) is 0 Å². The minimum atomic E-state index is -0.414. The van der Waals surface area contributed by atoms with E-state index < -0.39 is 5.41 Å². The molecule has 5 nitrogen and oxygen atoms in total. The molecule has 18 heavy (non-hydrogen) atoms. The Morgan fingerprint density at radius 1 is 1.61 bits per heavy atom. The van der Waals surface area contributed by atoms with Crippen LogP contribution in [0.2, 0.25) is 0 Å². The second kappa shape index (κ2) is 6.72. The van der Waals surface area contributed by atoms with Crippen LogP contribution in [0.1, 0.15) is 33.1 Å². The van der Waals surface area contributed by atoms with Crippen LogP contribution >= 0.6 is 0 Å². The molecule has 0 saturated heterocycles. The third-order valence-corrected chi connectivity index (χ3v) is 3.65. The van der Waals surface area contributed by atoms with Gasteiger partial charge in [0.15, 0.2) is 0 Å². The number of hydrogen-bond donors (Lipinski definition) is 0. The number of carbonyl (C=O) groups is 1. The SMILES string of the molecule is COCOCC[C@]1(C#N)CC[C@@H]1[C@@H](C)OC(C)=O. The number of esters is 1. The Balaban J connectivity index is 2.49. The highest BCUT2D eigenvalue weighted by Crippen LogP contribution is 2.51. The molecule has 0 spiro atoms. The minimum absolute atomic E-state index is 0.109. The van der Waals surface area contributed by atoms with Crippen molar-refractivity contribution < 1.29 is 19.0 Å². The molecule has 5 heteroatoms. The topological polar surface area (TPSA) is 68.6 Å². The maximum Gasteiger partial charge on any atom is 0.302 e. The smallest absolute Gasteiger partial charge is 0.302 e. The largest absolute Gasteiger partial charge is 0.463 e. The van der Waals surface area contributed by atoms with E-state index in [0.717, 1.165) is 12.8 Å². The molecule has 0 unspecified atom stereocenters. The van der Waals surface area contributed by atoms with Crippen LogP contribution in [0.25, 0.3) is 0 Å². The van der Waals surface area contributed by atoms with Crippen LogP contribution in [0, 0.1) is 22.7 Å². The van der Waals surface area contributed by atoms with Gasteiger partial charge in [-0.1, -0.05) is 0 Å². The van der Waals surface area contributed by atoms with Crippen molar-refractivity contribution in [2.45, 2.75) is 39.2 Å². The van der Waals surface area contributed by atoms with Gasteiger partial charge in [0.25, 0.3) is 0 Å². The Morgan fingerprint density at radius 2 is 2.33 bits per heavy atom. The minimum Gasteiger partial charge on any atom is -0.463 e. The zero-order valence-electron chi connectivity index (χ0n) is 11.3. The Labute approximate surface area is 108 Å². The first kappa shape index (κ1) is 14.9. The van der Waals surface area contributed by atoms with Crippen molar-refractivity contribution in [1.29, 1.82) is 5.26 Å². The molecule has 3 atom stereocenters. The lowest BCUT2D eigenvalue weighted by Crippen LogP contribution is -2.46. The molecule has 102 valence electrons. The van der Waals surface area contributed by atoms with E-state index in [4.69, 9.17) is 14.2 Å². The van der Waals surface area contributed by atoms with E-state index in [0.29, 0.717) is 13.0 Å². The second-order valence-corrected chi connectivity index (χ2v) is 4.79. The number of ether oxygens (including phenoxy) is 3. The molecule has 1 aliphatic carbocycles. The lowest BCUT2D eigenvalue weighted by molar-refractivity contribution is -0.155. The Morgan fingerprint density at radius 3 is 2.78 bits per heavy atom. The summed E-state index contributed by atoms with van der Waals surface area (Å²) < 4.78 is 15.2. The number of methoxy groups -OCH3 is 1. The van der Waals surface area contributed by atoms with Gasteiger partial charge in [-0.05, 0) is 26.2 Å². The van der Waals surface area contributed by atoms with Crippen molar-refractivity contribution in [2.24, 2.45) is 11.3 Å². The summed E-state index contributed by atoms with van der Waals surface area (Å²) >= 11 is 0. The average molecular weight is 255 g/mol. The summed E-state index contributed by atoms with van der Waals surface area (Å²) in [5.74, 6) is -0.186. The van der Waals surface area contributed by atoms with E-state index in [1.54, 1.807) is 7.11 Å². The lowest BCUT2D eigenvalue weighted by atomic mass is 9.57. The summed E-state index contributed by atoms with van der Waals surface area (Å²) in [4.78, 5) is 11.0. The molecule has 0 amide bonds. The molecule has 1 aliphatic rings. The van der Waals surface area contributed by atoms with Crippen molar-refractivity contribution in [3.63, 3.8) is 0 Å². The molecular formula is C13H21NO4. The van der Waals surface area contributed by atoms with Crippen molar-refractivity contribution in [1.82, 2.24) is 0 Å². The first-order chi connectivity index (χ1) is 8.55. The summed E-state index contributed by atoms with van der Waals surface area (Å²) in [6, 6.07) is 2.38. The van der Waals surface area contributed by atoms with Crippen molar-refractivity contribution >= 4 is 5.97 Å². The Bertz CT molecular complexity index is 325. The van der Waals surface area contributed by atoms with Crippen molar-refractivity contribution in [3.05, 3.63) is 0 Å². The van der Waals surface area contributed by atoms with E-state index in [-0.39, 0.29) is 24.8 Å². The van der Waals surface area contributed by atoms with E-state index in [1.807, 2.05) is 6.92 Å². The van der Waals surface area contributed by atoms with Crippen molar-refractivity contribution in [3.8, 4) is 6.07 Å². The van der Waals surface area contributed by atoms with E-state index in [9.17, 15) is 10.1 Å². The standard InChI is InChI=1S/C13H21NO4/c1-10(18-11(2)15)12-4-5-13(12,8-14)6-7-17-9-16-3/h10,12H,4-7,9H2,1-3H3/t10-,12-,13+/m1/s1. The van der Waals surface area contributed by atoms with Gasteiger partial charge in [-0.2, -0.15) is 5.26 Å². The number of carbonyl (C=O) groups excluding carboxylic acids is 1. The summed E-state index contributed by atoms with van der Waals surface area (Å²) in [5, 5.41) is 9.37. The van der Waals surface area contributed by atoms with Crippen LogP contribution < -0.4 is 0 Å². The molecule has 1 rings (SSSR count). The van der Waals surface area contributed by atoms with Gasteiger partial charge >= 0.3 is 5.97 Å². The third kappa shape index (κ3) is 3.44. The molecular weight excluding hydrogens is 234 g/mol. The molecule has 0 N–H and O–H groups in total. The zero-order chi connectivity index (χ0) is 13.6. The number of nitriles is 1. The van der Waals surface area contributed by atoms with Gasteiger partial charge < -0.3 is 14.2 Å². The molecule has 0 radical (unpaired) electrons. The Kier molecular flexibility index (Phi) is 5.57. The normalized spacial score (nSPS) is 28.0. The van der Waals surface area contributed by atoms with Gasteiger partial charge in [-0.15, -0.1) is 0 Å². The maximum absolute atomic E-state index is 11.0. The van der Waals surface area contributed by atoms with Gasteiger partial charge in [0.05, 0.1) is 18.1 Å². The third-order valence-electron chi connectivity index (χ3n) is 3.65. The van der Waals surface area contributed by atoms with Crippen LogP contribution in [0.4, 0.5) is 0 Å². The predicted molar refractivity (Wildman–Crippen MR) is 64.4 cm³/mol. The molecule has 1 saturated carbocycles. The molecule has 0 heterocycles. The molecule has 0 aliphatic heterocycles. The van der Waals surface area contributed by atoms with E-state index in [2.05, 4.69) is 6.07 Å². The Hall–Kier alpha value is -1.12. The monoisotopic (exact) mass is 255 g/mol. The van der Waals surface area contributed by atoms with Crippen molar-refractivity contribution in [2.75, 3.05) is 20.5 Å². The van der Waals surface area contributed by atoms with Crippen LogP contribution in [-0.2, 0) is 19.0 Å². The lowest BCUT2D eigenvalue weighted by Gasteiger charge is -2.46. The fourth-order valence-electron chi connectivity index (χ4n) is 2.59. The van der Waals surface area contributed by atoms with Crippen LogP contribution in [0.15, 0.2) is 0 Å². The summed E-state index contributed by atoms with van der Waals surface area (Å²) in [6.07, 6.45) is 2.21. The molecule has 0 aromatic carbocycles. The molecule has 1 fully saturated rings. The number of rotatable bonds is 7. The number of hydrogen-bond acceptors (Lipinski definition) is 5. The van der Waals surface area contributed by atoms with E-state index >= 15 is 0 Å². The first-order valence-corrected chi connectivity index (χ1v) is 6.21. The summed E-state index contributed by atoms with van der Waals surface area (Å²) in [5.41, 5.74) is -0.414. The summed E-state index contributed by atoms with van der Waals surface area (Å²) in [6.45, 7) is 3.98. The molecule has 0 aromatic rings. The predicted octanol–water partition coefficient (Wildman–Crippen LogP) is 1.87. The maximum atomic E-state index is 11.0. The highest BCUT2D eigenvalue weighted by atomic mass is 16.7. The van der Waals surface area contributed by atoms with Gasteiger partial charge in [-0.25, -0.2) is 0 Å². The van der Waals surface area contributed by atoms with Crippen LogP contribution in [0.5, 0.6) is 0 Å². The van der Waals surface area contributed by atoms with Gasteiger partial charge in [-0.3, -0.25) is 4.79 Å². The van der Waals surface area contributed by atoms with E-state index in [1.165, 1.54) is 6.92 Å². The fraction of sp³-hybridized carbons (Fsp3) is 0.846. The number of nitrogens with zero attached hydrogens (tertiary/aromatic N) is 1. The average Bonchev–Trinajstić information content (AvgIpc) is 2.26. The summed E-state index contributed by atoms with van der Waals surface area (Å²) in [7, 11) is 1.56. The molecule has 0 bridgehead atoms. The second-order valence-electron chi connectivity index (χ2n) is 4.79. The van der Waals surface area contributed by atoms with Gasteiger partial charge in [0.2, 0.25) is 0 Å². The fourth-order valence-corrected chi connectivity index (χ4v) is 2.59. The molecule has 0 aromatic heterocycles. The quantitative estimate of drug-likeness (QED) is 0.394. The zero-order valence-corrected chi connectivity index (χ0v) is 11.3. The van der Waals surface area contributed by atoms with Gasteiger partial charge in [0, 0.05) is 20.0 Å². The highest BCUT2D eigenvalue weighted by molar-refractivity contribution is 5.66.